The third kappa shape index (κ3) is 6.96. The van der Waals surface area contributed by atoms with Crippen molar-refractivity contribution >= 4 is 47.3 Å². The number of ether oxygens (including phenoxy) is 2. The lowest BCUT2D eigenvalue weighted by Gasteiger charge is -2.30. The molecule has 0 amide bonds. The van der Waals surface area contributed by atoms with E-state index in [1.807, 2.05) is 13.8 Å². The molecule has 2 aromatic rings. The van der Waals surface area contributed by atoms with Crippen LogP contribution in [0.2, 0.25) is 10.0 Å². The van der Waals surface area contributed by atoms with E-state index in [-0.39, 0.29) is 28.9 Å². The summed E-state index contributed by atoms with van der Waals surface area (Å²) in [4.78, 5) is 22.3. The van der Waals surface area contributed by atoms with E-state index in [1.165, 1.54) is 6.07 Å². The zero-order chi connectivity index (χ0) is 33.6. The number of aliphatic carboxylic acids is 2. The van der Waals surface area contributed by atoms with Gasteiger partial charge in [-0.1, -0.05) is 50.9 Å². The summed E-state index contributed by atoms with van der Waals surface area (Å²) in [5.74, 6) is -3.48. The molecule has 0 aliphatic carbocycles. The van der Waals surface area contributed by atoms with Gasteiger partial charge in [0, 0.05) is 21.2 Å². The van der Waals surface area contributed by atoms with Gasteiger partial charge in [-0.2, -0.15) is 26.3 Å². The quantitative estimate of drug-likeness (QED) is 0.316. The predicted molar refractivity (Wildman–Crippen MR) is 153 cm³/mol. The fourth-order valence-electron chi connectivity index (χ4n) is 4.84. The number of alkyl halides is 6. The molecule has 0 saturated heterocycles. The van der Waals surface area contributed by atoms with Crippen molar-refractivity contribution < 1.29 is 55.6 Å². The standard InChI is InChI=1S/2C15H14ClF3O3/c1-6(2)8-5-11(16)7(3)9-4-10(14(20)21)13(15(17,18)19)22-12(8)9;1-6(2)11-8-5-9(14(20)21)13(15(17,18)19)22-12(8)7(3)4-10(11)16/h2*4-6,13H,1-3H3,(H,20,21)/t13-;/m1./s1. The lowest BCUT2D eigenvalue weighted by molar-refractivity contribution is -0.187. The van der Waals surface area contributed by atoms with Crippen LogP contribution in [-0.4, -0.2) is 46.7 Å². The van der Waals surface area contributed by atoms with Gasteiger partial charge in [0.05, 0.1) is 11.1 Å². The second-order valence-electron chi connectivity index (χ2n) is 10.8. The molecule has 2 aromatic carbocycles. The van der Waals surface area contributed by atoms with Crippen molar-refractivity contribution in [3.63, 3.8) is 0 Å². The highest BCUT2D eigenvalue weighted by molar-refractivity contribution is 6.32. The van der Waals surface area contributed by atoms with Gasteiger partial charge < -0.3 is 19.7 Å². The third-order valence-corrected chi connectivity index (χ3v) is 7.67. The van der Waals surface area contributed by atoms with Crippen molar-refractivity contribution in [2.24, 2.45) is 0 Å². The van der Waals surface area contributed by atoms with Crippen LogP contribution in [-0.2, 0) is 9.59 Å². The van der Waals surface area contributed by atoms with E-state index < -0.39 is 47.6 Å². The number of benzene rings is 2. The van der Waals surface area contributed by atoms with Crippen LogP contribution < -0.4 is 9.47 Å². The van der Waals surface area contributed by atoms with Crippen molar-refractivity contribution in [3.8, 4) is 11.5 Å². The number of rotatable bonds is 4. The molecule has 44 heavy (non-hydrogen) atoms. The number of fused-ring (bicyclic) bond motifs is 2. The molecule has 240 valence electrons. The monoisotopic (exact) mass is 668 g/mol. The van der Waals surface area contributed by atoms with Crippen LogP contribution in [0.15, 0.2) is 23.3 Å². The summed E-state index contributed by atoms with van der Waals surface area (Å²) in [6.45, 7) is 10.4. The topological polar surface area (TPSA) is 93.1 Å². The third-order valence-electron chi connectivity index (χ3n) is 6.97. The van der Waals surface area contributed by atoms with Crippen molar-refractivity contribution in [2.75, 3.05) is 0 Å². The molecule has 2 aliphatic rings. The average Bonchev–Trinajstić information content (AvgIpc) is 2.88. The zero-order valence-corrected chi connectivity index (χ0v) is 25.7. The van der Waals surface area contributed by atoms with Crippen LogP contribution in [0.5, 0.6) is 11.5 Å². The number of hydrogen-bond acceptors (Lipinski definition) is 4. The minimum absolute atomic E-state index is 0.0282. The van der Waals surface area contributed by atoms with Gasteiger partial charge in [-0.3, -0.25) is 0 Å². The summed E-state index contributed by atoms with van der Waals surface area (Å²) < 4.78 is 88.6. The predicted octanol–water partition coefficient (Wildman–Crippen LogP) is 9.13. The van der Waals surface area contributed by atoms with Crippen molar-refractivity contribution in [1.82, 2.24) is 0 Å². The molecule has 1 unspecified atom stereocenters. The first-order chi connectivity index (χ1) is 20.1. The Hall–Kier alpha value is -3.38. The highest BCUT2D eigenvalue weighted by Gasteiger charge is 2.50. The highest BCUT2D eigenvalue weighted by atomic mass is 35.5. The highest BCUT2D eigenvalue weighted by Crippen LogP contribution is 2.46. The molecule has 0 aromatic heterocycles. The number of carboxylic acids is 2. The van der Waals surface area contributed by atoms with E-state index in [9.17, 15) is 35.9 Å². The molecule has 2 aliphatic heterocycles. The number of carbonyl (C=O) groups is 2. The Morgan fingerprint density at radius 1 is 0.750 bits per heavy atom. The summed E-state index contributed by atoms with van der Waals surface area (Å²) in [6, 6.07) is 3.09. The molecular weight excluding hydrogens is 641 g/mol. The Bertz CT molecular complexity index is 1560. The van der Waals surface area contributed by atoms with Gasteiger partial charge in [-0.15, -0.1) is 0 Å². The van der Waals surface area contributed by atoms with E-state index in [0.29, 0.717) is 37.9 Å². The minimum atomic E-state index is -4.82. The maximum atomic E-state index is 13.1. The summed E-state index contributed by atoms with van der Waals surface area (Å²) in [5.41, 5.74) is 0.901. The van der Waals surface area contributed by atoms with Gasteiger partial charge in [-0.25, -0.2) is 9.59 Å². The van der Waals surface area contributed by atoms with Gasteiger partial charge in [0.2, 0.25) is 12.2 Å². The molecule has 4 rings (SSSR count). The summed E-state index contributed by atoms with van der Waals surface area (Å²) in [6.07, 6.45) is -12.6. The van der Waals surface area contributed by atoms with Gasteiger partial charge in [0.1, 0.15) is 11.5 Å². The zero-order valence-electron chi connectivity index (χ0n) is 24.2. The molecule has 6 nitrogen and oxygen atoms in total. The van der Waals surface area contributed by atoms with Gasteiger partial charge in [0.25, 0.3) is 0 Å². The van der Waals surface area contributed by atoms with E-state index in [2.05, 4.69) is 0 Å². The number of halogens is 8. The molecule has 14 heteroatoms. The summed E-state index contributed by atoms with van der Waals surface area (Å²) >= 11 is 12.3. The van der Waals surface area contributed by atoms with E-state index >= 15 is 0 Å². The molecule has 0 bridgehead atoms. The molecule has 0 fully saturated rings. The van der Waals surface area contributed by atoms with Crippen LogP contribution in [0.1, 0.15) is 72.9 Å². The van der Waals surface area contributed by atoms with Gasteiger partial charge >= 0.3 is 24.3 Å². The Labute approximate surface area is 258 Å². The molecule has 0 spiro atoms. The molecule has 0 saturated carbocycles. The maximum absolute atomic E-state index is 13.1. The molecule has 2 atom stereocenters. The maximum Gasteiger partial charge on any atom is 0.430 e. The van der Waals surface area contributed by atoms with E-state index in [1.54, 1.807) is 33.8 Å². The Balaban J connectivity index is 0.000000240. The summed E-state index contributed by atoms with van der Waals surface area (Å²) in [7, 11) is 0. The Morgan fingerprint density at radius 2 is 1.20 bits per heavy atom. The van der Waals surface area contributed by atoms with E-state index in [0.717, 1.165) is 12.2 Å². The number of aryl methyl sites for hydroxylation is 1. The SMILES string of the molecule is Cc1c(Cl)cc(C(C)C)c2c1C=C(C(=O)O)[C@H](C(F)(F)F)O2.Cc1cc(Cl)c(C(C)C)c2c1OC(C(F)(F)F)C(C(=O)O)=C2. The largest absolute Gasteiger partial charge is 0.478 e. The van der Waals surface area contributed by atoms with Crippen LogP contribution in [0, 0.1) is 13.8 Å². The van der Waals surface area contributed by atoms with Crippen molar-refractivity contribution in [3.05, 3.63) is 66.7 Å². The fourth-order valence-corrected chi connectivity index (χ4v) is 5.54. The Morgan fingerprint density at radius 3 is 1.61 bits per heavy atom. The lowest BCUT2D eigenvalue weighted by Crippen LogP contribution is -2.40. The number of hydrogen-bond donors (Lipinski definition) is 2. The average molecular weight is 669 g/mol. The van der Waals surface area contributed by atoms with Crippen molar-refractivity contribution in [1.29, 1.82) is 0 Å². The van der Waals surface area contributed by atoms with Gasteiger partial charge in [-0.05, 0) is 72.2 Å². The van der Waals surface area contributed by atoms with Crippen LogP contribution in [0.4, 0.5) is 26.3 Å². The normalized spacial score (nSPS) is 17.8. The van der Waals surface area contributed by atoms with Crippen LogP contribution in [0.25, 0.3) is 12.2 Å². The lowest BCUT2D eigenvalue weighted by atomic mass is 9.90. The van der Waals surface area contributed by atoms with Crippen molar-refractivity contribution in [2.45, 2.75) is 77.9 Å². The molecule has 2 heterocycles. The molecule has 2 N–H and O–H groups in total. The molecule has 0 radical (unpaired) electrons. The van der Waals surface area contributed by atoms with E-state index in [4.69, 9.17) is 42.9 Å². The molecular formula is C30H28Cl2F6O6. The second-order valence-corrected chi connectivity index (χ2v) is 11.7. The Kier molecular flexibility index (Phi) is 10.0. The number of carboxylic acid groups (broad SMARTS) is 2. The first-order valence-corrected chi connectivity index (χ1v) is 13.9. The van der Waals surface area contributed by atoms with Crippen LogP contribution >= 0.6 is 23.2 Å². The minimum Gasteiger partial charge on any atom is -0.478 e. The van der Waals surface area contributed by atoms with Crippen LogP contribution in [0.3, 0.4) is 0 Å². The fraction of sp³-hybridized carbons (Fsp3) is 0.400. The first-order valence-electron chi connectivity index (χ1n) is 13.1. The smallest absolute Gasteiger partial charge is 0.430 e. The summed E-state index contributed by atoms with van der Waals surface area (Å²) in [5, 5.41) is 18.9. The second kappa shape index (κ2) is 12.5. The first kappa shape index (κ1) is 35.1. The van der Waals surface area contributed by atoms with Gasteiger partial charge in [0.15, 0.2) is 0 Å².